The number of piperidine rings is 2. The van der Waals surface area contributed by atoms with Crippen LogP contribution in [0.5, 0.6) is 0 Å². The summed E-state index contributed by atoms with van der Waals surface area (Å²) in [6, 6.07) is 16.7. The second kappa shape index (κ2) is 10.3. The Morgan fingerprint density at radius 3 is 2.50 bits per heavy atom. The van der Waals surface area contributed by atoms with Crippen molar-refractivity contribution in [3.63, 3.8) is 0 Å². The number of amides is 1. The Morgan fingerprint density at radius 1 is 0.967 bits per heavy atom. The molecule has 2 aromatic carbocycles. The van der Waals surface area contributed by atoms with Gasteiger partial charge in [-0.05, 0) is 68.0 Å². The highest BCUT2D eigenvalue weighted by molar-refractivity contribution is 6.31. The summed E-state index contributed by atoms with van der Waals surface area (Å²) < 4.78 is 0. The molecular weight excluding hydrogens is 394 g/mol. The number of likely N-dealkylation sites (tertiary alicyclic amines) is 1. The monoisotopic (exact) mass is 425 g/mol. The highest BCUT2D eigenvalue weighted by Gasteiger charge is 2.26. The molecule has 0 spiro atoms. The third-order valence-electron chi connectivity index (χ3n) is 6.35. The van der Waals surface area contributed by atoms with Crippen molar-refractivity contribution in [2.75, 3.05) is 31.1 Å². The second-order valence-electron chi connectivity index (χ2n) is 8.60. The molecule has 0 unspecified atom stereocenters. The van der Waals surface area contributed by atoms with E-state index in [0.717, 1.165) is 61.7 Å². The van der Waals surface area contributed by atoms with E-state index in [0.29, 0.717) is 6.54 Å². The molecule has 0 radical (unpaired) electrons. The molecule has 2 aliphatic heterocycles. The van der Waals surface area contributed by atoms with E-state index in [1.165, 1.54) is 24.9 Å². The van der Waals surface area contributed by atoms with Gasteiger partial charge < -0.3 is 10.2 Å². The fourth-order valence-corrected chi connectivity index (χ4v) is 4.79. The molecule has 2 aliphatic rings. The summed E-state index contributed by atoms with van der Waals surface area (Å²) in [4.78, 5) is 17.6. The first-order valence-corrected chi connectivity index (χ1v) is 11.6. The molecule has 5 heteroatoms. The van der Waals surface area contributed by atoms with Crippen molar-refractivity contribution >= 4 is 23.2 Å². The van der Waals surface area contributed by atoms with Crippen LogP contribution in [-0.4, -0.2) is 37.0 Å². The van der Waals surface area contributed by atoms with Crippen molar-refractivity contribution in [3.05, 3.63) is 64.7 Å². The predicted molar refractivity (Wildman–Crippen MR) is 124 cm³/mol. The zero-order chi connectivity index (χ0) is 20.8. The summed E-state index contributed by atoms with van der Waals surface area (Å²) in [5.74, 6) is 0.216. The van der Waals surface area contributed by atoms with Gasteiger partial charge >= 0.3 is 0 Å². The number of hydrogen-bond acceptors (Lipinski definition) is 3. The standard InChI is InChI=1S/C25H32ClN3O/c26-24-9-3-2-7-21(24)18-28-14-6-8-22(19-28)25(30)27-17-20-10-12-23(13-11-20)29-15-4-1-5-16-29/h2-3,7,9-13,22H,1,4-6,8,14-19H2,(H,27,30)/t22-/m1/s1. The molecule has 2 saturated heterocycles. The van der Waals surface area contributed by atoms with E-state index in [2.05, 4.69) is 45.4 Å². The van der Waals surface area contributed by atoms with Gasteiger partial charge in [-0.2, -0.15) is 0 Å². The largest absolute Gasteiger partial charge is 0.372 e. The molecule has 1 amide bonds. The maximum Gasteiger partial charge on any atom is 0.224 e. The maximum absolute atomic E-state index is 12.8. The van der Waals surface area contributed by atoms with Crippen molar-refractivity contribution in [2.24, 2.45) is 5.92 Å². The number of carbonyl (C=O) groups is 1. The average Bonchev–Trinajstić information content (AvgIpc) is 2.80. The fraction of sp³-hybridized carbons (Fsp3) is 0.480. The SMILES string of the molecule is O=C(NCc1ccc(N2CCCCC2)cc1)[C@@H]1CCCN(Cc2ccccc2Cl)C1. The number of carbonyl (C=O) groups excluding carboxylic acids is 1. The van der Waals surface area contributed by atoms with E-state index in [1.54, 1.807) is 0 Å². The van der Waals surface area contributed by atoms with Crippen molar-refractivity contribution in [3.8, 4) is 0 Å². The van der Waals surface area contributed by atoms with Crippen LogP contribution >= 0.6 is 11.6 Å². The predicted octanol–water partition coefficient (Wildman–Crippen LogP) is 4.86. The van der Waals surface area contributed by atoms with Gasteiger partial charge in [0.05, 0.1) is 5.92 Å². The van der Waals surface area contributed by atoms with Gasteiger partial charge in [-0.25, -0.2) is 0 Å². The van der Waals surface area contributed by atoms with E-state index in [1.807, 2.05) is 18.2 Å². The van der Waals surface area contributed by atoms with E-state index in [9.17, 15) is 4.79 Å². The Morgan fingerprint density at radius 2 is 1.73 bits per heavy atom. The Bertz CT molecular complexity index is 833. The molecular formula is C25H32ClN3O. The van der Waals surface area contributed by atoms with Crippen LogP contribution in [0.1, 0.15) is 43.2 Å². The number of nitrogens with zero attached hydrogens (tertiary/aromatic N) is 2. The van der Waals surface area contributed by atoms with Gasteiger partial charge in [0, 0.05) is 43.4 Å². The molecule has 1 atom stereocenters. The second-order valence-corrected chi connectivity index (χ2v) is 9.00. The normalized spacial score (nSPS) is 20.2. The number of benzene rings is 2. The molecule has 0 bridgehead atoms. The minimum Gasteiger partial charge on any atom is -0.372 e. The minimum atomic E-state index is 0.0499. The van der Waals surface area contributed by atoms with Crippen molar-refractivity contribution < 1.29 is 4.79 Å². The van der Waals surface area contributed by atoms with Gasteiger partial charge in [0.25, 0.3) is 0 Å². The number of nitrogens with one attached hydrogen (secondary N) is 1. The molecule has 30 heavy (non-hydrogen) atoms. The van der Waals surface area contributed by atoms with Gasteiger partial charge in [0.1, 0.15) is 0 Å². The van der Waals surface area contributed by atoms with Crippen LogP contribution in [0.3, 0.4) is 0 Å². The summed E-state index contributed by atoms with van der Waals surface area (Å²) in [6.07, 6.45) is 5.92. The Kier molecular flexibility index (Phi) is 7.29. The minimum absolute atomic E-state index is 0.0499. The summed E-state index contributed by atoms with van der Waals surface area (Å²) >= 11 is 6.31. The smallest absolute Gasteiger partial charge is 0.224 e. The lowest BCUT2D eigenvalue weighted by Gasteiger charge is -2.32. The van der Waals surface area contributed by atoms with E-state index < -0.39 is 0 Å². The molecule has 2 heterocycles. The number of halogens is 1. The average molecular weight is 426 g/mol. The van der Waals surface area contributed by atoms with E-state index in [4.69, 9.17) is 11.6 Å². The first-order valence-electron chi connectivity index (χ1n) is 11.3. The maximum atomic E-state index is 12.8. The molecule has 1 N–H and O–H groups in total. The first-order chi connectivity index (χ1) is 14.7. The summed E-state index contributed by atoms with van der Waals surface area (Å²) in [5.41, 5.74) is 3.59. The van der Waals surface area contributed by atoms with Gasteiger partial charge in [0.15, 0.2) is 0 Å². The molecule has 2 fully saturated rings. The van der Waals surface area contributed by atoms with Crippen LogP contribution in [0.25, 0.3) is 0 Å². The van der Waals surface area contributed by atoms with Crippen LogP contribution in [0.15, 0.2) is 48.5 Å². The molecule has 2 aromatic rings. The zero-order valence-corrected chi connectivity index (χ0v) is 18.4. The van der Waals surface area contributed by atoms with Crippen molar-refractivity contribution in [1.29, 1.82) is 0 Å². The van der Waals surface area contributed by atoms with E-state index >= 15 is 0 Å². The summed E-state index contributed by atoms with van der Waals surface area (Å²) in [6.45, 7) is 5.53. The molecule has 0 aromatic heterocycles. The lowest BCUT2D eigenvalue weighted by atomic mass is 9.96. The number of rotatable bonds is 6. The highest BCUT2D eigenvalue weighted by Crippen LogP contribution is 2.23. The van der Waals surface area contributed by atoms with Crippen LogP contribution in [-0.2, 0) is 17.9 Å². The lowest BCUT2D eigenvalue weighted by Crippen LogP contribution is -2.42. The van der Waals surface area contributed by atoms with Crippen LogP contribution in [0.2, 0.25) is 5.02 Å². The summed E-state index contributed by atoms with van der Waals surface area (Å²) in [7, 11) is 0. The topological polar surface area (TPSA) is 35.6 Å². The lowest BCUT2D eigenvalue weighted by molar-refractivity contribution is -0.126. The zero-order valence-electron chi connectivity index (χ0n) is 17.7. The molecule has 0 aliphatic carbocycles. The molecule has 4 nitrogen and oxygen atoms in total. The third-order valence-corrected chi connectivity index (χ3v) is 6.72. The van der Waals surface area contributed by atoms with Crippen LogP contribution < -0.4 is 10.2 Å². The highest BCUT2D eigenvalue weighted by atomic mass is 35.5. The van der Waals surface area contributed by atoms with Gasteiger partial charge in [-0.3, -0.25) is 9.69 Å². The first kappa shape index (κ1) is 21.2. The molecule has 0 saturated carbocycles. The van der Waals surface area contributed by atoms with Crippen molar-refractivity contribution in [2.45, 2.75) is 45.2 Å². The van der Waals surface area contributed by atoms with Crippen LogP contribution in [0.4, 0.5) is 5.69 Å². The summed E-state index contributed by atoms with van der Waals surface area (Å²) in [5, 5.41) is 3.96. The Balaban J connectivity index is 1.26. The van der Waals surface area contributed by atoms with E-state index in [-0.39, 0.29) is 11.8 Å². The third kappa shape index (κ3) is 5.55. The van der Waals surface area contributed by atoms with Crippen molar-refractivity contribution in [1.82, 2.24) is 10.2 Å². The number of anilines is 1. The van der Waals surface area contributed by atoms with Gasteiger partial charge in [0.2, 0.25) is 5.91 Å². The van der Waals surface area contributed by atoms with Crippen LogP contribution in [0, 0.1) is 5.92 Å². The molecule has 160 valence electrons. The molecule has 4 rings (SSSR count). The Hall–Kier alpha value is -2.04. The number of hydrogen-bond donors (Lipinski definition) is 1. The van der Waals surface area contributed by atoms with Gasteiger partial charge in [-0.1, -0.05) is 41.9 Å². The quantitative estimate of drug-likeness (QED) is 0.717. The Labute approximate surface area is 185 Å². The fourth-order valence-electron chi connectivity index (χ4n) is 4.59. The van der Waals surface area contributed by atoms with Gasteiger partial charge in [-0.15, -0.1) is 0 Å².